The Morgan fingerprint density at radius 3 is 2.81 bits per heavy atom. The van der Waals surface area contributed by atoms with Gasteiger partial charge in [-0.2, -0.15) is 0 Å². The van der Waals surface area contributed by atoms with Crippen LogP contribution in [-0.2, 0) is 0 Å². The van der Waals surface area contributed by atoms with E-state index in [1.165, 1.54) is 11.3 Å². The van der Waals surface area contributed by atoms with Crippen molar-refractivity contribution in [3.8, 4) is 16.3 Å². The van der Waals surface area contributed by atoms with Crippen molar-refractivity contribution in [2.24, 2.45) is 5.73 Å². The Hall–Kier alpha value is -1.10. The number of nitrogens with zero attached hydrogens (tertiary/aromatic N) is 1. The highest BCUT2D eigenvalue weighted by molar-refractivity contribution is 7.15. The van der Waals surface area contributed by atoms with E-state index in [1.54, 1.807) is 24.4 Å². The molecule has 3 N–H and O–H groups in total. The second-order valence-electron chi connectivity index (χ2n) is 3.52. The molecule has 0 spiro atoms. The van der Waals surface area contributed by atoms with Crippen molar-refractivity contribution in [3.05, 3.63) is 34.3 Å². The van der Waals surface area contributed by atoms with E-state index in [0.717, 1.165) is 15.4 Å². The highest BCUT2D eigenvalue weighted by Gasteiger charge is 2.09. The third-order valence-electron chi connectivity index (χ3n) is 2.17. The van der Waals surface area contributed by atoms with Crippen LogP contribution >= 0.6 is 22.9 Å². The van der Waals surface area contributed by atoms with E-state index in [2.05, 4.69) is 4.98 Å². The smallest absolute Gasteiger partial charge is 0.134 e. The number of phenolic OH excluding ortho intramolecular Hbond substituents is 1. The van der Waals surface area contributed by atoms with Crippen LogP contribution in [0.2, 0.25) is 5.02 Å². The van der Waals surface area contributed by atoms with Crippen LogP contribution in [0.25, 0.3) is 10.6 Å². The van der Waals surface area contributed by atoms with Gasteiger partial charge in [0, 0.05) is 22.7 Å². The van der Waals surface area contributed by atoms with Gasteiger partial charge in [0.2, 0.25) is 0 Å². The molecule has 0 aliphatic carbocycles. The summed E-state index contributed by atoms with van der Waals surface area (Å²) in [5.41, 5.74) is 6.65. The number of nitrogens with two attached hydrogens (primary N) is 1. The standard InChI is InChI=1S/C11H11ClN2OS/c1-6(13)10-5-14-11(16-10)7-2-3-9(15)8(12)4-7/h2-6,15H,13H2,1H3. The van der Waals surface area contributed by atoms with Gasteiger partial charge in [0.15, 0.2) is 0 Å². The molecule has 5 heteroatoms. The molecular weight excluding hydrogens is 244 g/mol. The first-order valence-electron chi connectivity index (χ1n) is 4.78. The van der Waals surface area contributed by atoms with Crippen molar-refractivity contribution in [2.45, 2.75) is 13.0 Å². The third kappa shape index (κ3) is 2.19. The Bertz CT molecular complexity index is 510. The molecule has 1 aromatic carbocycles. The monoisotopic (exact) mass is 254 g/mol. The summed E-state index contributed by atoms with van der Waals surface area (Å²) in [4.78, 5) is 5.30. The summed E-state index contributed by atoms with van der Waals surface area (Å²) in [6.45, 7) is 1.92. The third-order valence-corrected chi connectivity index (χ3v) is 3.72. The number of benzene rings is 1. The number of thiazole rings is 1. The largest absolute Gasteiger partial charge is 0.506 e. The van der Waals surface area contributed by atoms with Gasteiger partial charge in [0.25, 0.3) is 0 Å². The lowest BCUT2D eigenvalue weighted by Crippen LogP contribution is -2.01. The van der Waals surface area contributed by atoms with Crippen molar-refractivity contribution in [3.63, 3.8) is 0 Å². The quantitative estimate of drug-likeness (QED) is 0.865. The minimum atomic E-state index is -0.0150. The maximum atomic E-state index is 9.32. The predicted octanol–water partition coefficient (Wildman–Crippen LogP) is 3.19. The summed E-state index contributed by atoms with van der Waals surface area (Å²) in [5.74, 6) is 0.0781. The topological polar surface area (TPSA) is 59.1 Å². The van der Waals surface area contributed by atoms with E-state index >= 15 is 0 Å². The molecule has 2 aromatic rings. The first-order valence-corrected chi connectivity index (χ1v) is 5.97. The van der Waals surface area contributed by atoms with Crippen molar-refractivity contribution in [2.75, 3.05) is 0 Å². The second kappa shape index (κ2) is 4.41. The molecule has 0 saturated heterocycles. The first kappa shape index (κ1) is 11.4. The molecule has 1 atom stereocenters. The van der Waals surface area contributed by atoms with Crippen LogP contribution < -0.4 is 5.73 Å². The Morgan fingerprint density at radius 1 is 1.50 bits per heavy atom. The first-order chi connectivity index (χ1) is 7.58. The Morgan fingerprint density at radius 2 is 2.25 bits per heavy atom. The molecule has 16 heavy (non-hydrogen) atoms. The van der Waals surface area contributed by atoms with Gasteiger partial charge in [0.1, 0.15) is 10.8 Å². The maximum Gasteiger partial charge on any atom is 0.134 e. The average molecular weight is 255 g/mol. The number of hydrogen-bond donors (Lipinski definition) is 2. The molecule has 0 bridgehead atoms. The van der Waals surface area contributed by atoms with Crippen LogP contribution in [0.5, 0.6) is 5.75 Å². The van der Waals surface area contributed by atoms with Gasteiger partial charge in [-0.3, -0.25) is 0 Å². The maximum absolute atomic E-state index is 9.32. The number of halogens is 1. The minimum absolute atomic E-state index is 0.0150. The van der Waals surface area contributed by atoms with Crippen molar-refractivity contribution >= 4 is 22.9 Å². The Kier molecular flexibility index (Phi) is 3.14. The van der Waals surface area contributed by atoms with E-state index < -0.39 is 0 Å². The van der Waals surface area contributed by atoms with Crippen LogP contribution in [0.4, 0.5) is 0 Å². The van der Waals surface area contributed by atoms with Gasteiger partial charge in [0.05, 0.1) is 5.02 Å². The molecule has 0 aliphatic heterocycles. The van der Waals surface area contributed by atoms with Crippen molar-refractivity contribution in [1.82, 2.24) is 4.98 Å². The lowest BCUT2D eigenvalue weighted by Gasteiger charge is -2.00. The molecule has 1 unspecified atom stereocenters. The van der Waals surface area contributed by atoms with Crippen LogP contribution in [-0.4, -0.2) is 10.1 Å². The molecule has 1 heterocycles. The van der Waals surface area contributed by atoms with E-state index in [0.29, 0.717) is 5.02 Å². The van der Waals surface area contributed by atoms with Gasteiger partial charge in [-0.1, -0.05) is 11.6 Å². The summed E-state index contributed by atoms with van der Waals surface area (Å²) < 4.78 is 0. The summed E-state index contributed by atoms with van der Waals surface area (Å²) in [7, 11) is 0. The summed E-state index contributed by atoms with van der Waals surface area (Å²) in [5, 5.41) is 10.5. The molecular formula is C11H11ClN2OS. The lowest BCUT2D eigenvalue weighted by atomic mass is 10.2. The molecule has 1 aromatic heterocycles. The zero-order valence-electron chi connectivity index (χ0n) is 8.64. The van der Waals surface area contributed by atoms with Gasteiger partial charge < -0.3 is 10.8 Å². The number of aromatic hydroxyl groups is 1. The van der Waals surface area contributed by atoms with Gasteiger partial charge >= 0.3 is 0 Å². The molecule has 84 valence electrons. The number of hydrogen-bond acceptors (Lipinski definition) is 4. The summed E-state index contributed by atoms with van der Waals surface area (Å²) in [6.07, 6.45) is 1.77. The SMILES string of the molecule is CC(N)c1cnc(-c2ccc(O)c(Cl)c2)s1. The van der Waals surface area contributed by atoms with Crippen molar-refractivity contribution < 1.29 is 5.11 Å². The predicted molar refractivity (Wildman–Crippen MR) is 66.8 cm³/mol. The Labute approximate surface area is 103 Å². The molecule has 2 rings (SSSR count). The molecule has 0 amide bonds. The molecule has 0 fully saturated rings. The van der Waals surface area contributed by atoms with Gasteiger partial charge in [-0.25, -0.2) is 4.98 Å². The summed E-state index contributed by atoms with van der Waals surface area (Å²) in [6, 6.07) is 5.02. The van der Waals surface area contributed by atoms with E-state index in [1.807, 2.05) is 6.92 Å². The van der Waals surface area contributed by atoms with Crippen LogP contribution in [0.3, 0.4) is 0 Å². The van der Waals surface area contributed by atoms with Gasteiger partial charge in [-0.15, -0.1) is 11.3 Å². The van der Waals surface area contributed by atoms with E-state index in [4.69, 9.17) is 17.3 Å². The molecule has 0 saturated carbocycles. The number of phenols is 1. The zero-order valence-corrected chi connectivity index (χ0v) is 10.2. The highest BCUT2D eigenvalue weighted by Crippen LogP contribution is 2.32. The fourth-order valence-corrected chi connectivity index (χ4v) is 2.32. The lowest BCUT2D eigenvalue weighted by molar-refractivity contribution is 0.475. The highest BCUT2D eigenvalue weighted by atomic mass is 35.5. The van der Waals surface area contributed by atoms with Crippen LogP contribution in [0, 0.1) is 0 Å². The second-order valence-corrected chi connectivity index (χ2v) is 4.99. The zero-order chi connectivity index (χ0) is 11.7. The average Bonchev–Trinajstić information content (AvgIpc) is 2.71. The minimum Gasteiger partial charge on any atom is -0.506 e. The molecule has 0 aliphatic rings. The number of rotatable bonds is 2. The van der Waals surface area contributed by atoms with Gasteiger partial charge in [-0.05, 0) is 25.1 Å². The fraction of sp³-hybridized carbons (Fsp3) is 0.182. The van der Waals surface area contributed by atoms with E-state index in [9.17, 15) is 5.11 Å². The van der Waals surface area contributed by atoms with E-state index in [-0.39, 0.29) is 11.8 Å². The Balaban J connectivity index is 2.39. The molecule has 3 nitrogen and oxygen atoms in total. The van der Waals surface area contributed by atoms with Crippen LogP contribution in [0.1, 0.15) is 17.8 Å². The van der Waals surface area contributed by atoms with Crippen LogP contribution in [0.15, 0.2) is 24.4 Å². The van der Waals surface area contributed by atoms with Crippen molar-refractivity contribution in [1.29, 1.82) is 0 Å². The normalized spacial score (nSPS) is 12.7. The molecule has 0 radical (unpaired) electrons. The fourth-order valence-electron chi connectivity index (χ4n) is 1.27. The summed E-state index contributed by atoms with van der Waals surface area (Å²) >= 11 is 7.37. The number of aromatic nitrogens is 1.